The molecule has 16 heavy (non-hydrogen) atoms. The Labute approximate surface area is 90.7 Å². The molecule has 1 aliphatic heterocycles. The van der Waals surface area contributed by atoms with Crippen molar-refractivity contribution in [1.29, 1.82) is 0 Å². The van der Waals surface area contributed by atoms with E-state index in [1.54, 1.807) is 6.07 Å². The quantitative estimate of drug-likeness (QED) is 0.795. The second-order valence-corrected chi connectivity index (χ2v) is 3.56. The molecule has 80 valence electrons. The van der Waals surface area contributed by atoms with E-state index in [-0.39, 0.29) is 5.76 Å². The van der Waals surface area contributed by atoms with Crippen molar-refractivity contribution in [2.75, 3.05) is 6.61 Å². The molecule has 2 heterocycles. The molecule has 1 aromatic heterocycles. The number of carboxylic acid groups (broad SMARTS) is 1. The molecule has 4 nitrogen and oxygen atoms in total. The van der Waals surface area contributed by atoms with Crippen LogP contribution in [0.25, 0.3) is 17.0 Å². The summed E-state index contributed by atoms with van der Waals surface area (Å²) in [6.07, 6.45) is 3.86. The van der Waals surface area contributed by atoms with Crippen LogP contribution in [-0.2, 0) is 0 Å². The summed E-state index contributed by atoms with van der Waals surface area (Å²) < 4.78 is 10.6. The predicted molar refractivity (Wildman–Crippen MR) is 57.7 cm³/mol. The highest BCUT2D eigenvalue weighted by molar-refractivity contribution is 5.93. The number of hydrogen-bond donors (Lipinski definition) is 1. The predicted octanol–water partition coefficient (Wildman–Crippen LogP) is 2.54. The summed E-state index contributed by atoms with van der Waals surface area (Å²) in [6, 6.07) is 5.09. The van der Waals surface area contributed by atoms with Crippen molar-refractivity contribution >= 4 is 23.0 Å². The Morgan fingerprint density at radius 3 is 3.00 bits per heavy atom. The van der Waals surface area contributed by atoms with E-state index in [0.29, 0.717) is 12.2 Å². The van der Waals surface area contributed by atoms with E-state index in [2.05, 4.69) is 0 Å². The molecule has 0 atom stereocenters. The minimum Gasteiger partial charge on any atom is -0.489 e. The van der Waals surface area contributed by atoms with Gasteiger partial charge >= 0.3 is 5.97 Å². The molecule has 0 aliphatic carbocycles. The van der Waals surface area contributed by atoms with Gasteiger partial charge in [-0.3, -0.25) is 0 Å². The first kappa shape index (κ1) is 9.03. The lowest BCUT2D eigenvalue weighted by Gasteiger charge is -2.11. The zero-order chi connectivity index (χ0) is 11.1. The molecule has 0 unspecified atom stereocenters. The second kappa shape index (κ2) is 3.13. The number of fused-ring (bicyclic) bond motifs is 2. The third-order valence-corrected chi connectivity index (χ3v) is 2.49. The number of carbonyl (C=O) groups is 1. The Bertz CT molecular complexity index is 607. The Morgan fingerprint density at radius 1 is 1.31 bits per heavy atom. The van der Waals surface area contributed by atoms with Crippen LogP contribution in [0, 0.1) is 0 Å². The van der Waals surface area contributed by atoms with Crippen LogP contribution >= 0.6 is 0 Å². The highest BCUT2D eigenvalue weighted by atomic mass is 16.5. The van der Waals surface area contributed by atoms with Crippen LogP contribution in [0.15, 0.2) is 28.7 Å². The van der Waals surface area contributed by atoms with Crippen LogP contribution in [0.1, 0.15) is 16.1 Å². The summed E-state index contributed by atoms with van der Waals surface area (Å²) in [5.74, 6) is -0.395. The van der Waals surface area contributed by atoms with Crippen molar-refractivity contribution in [3.63, 3.8) is 0 Å². The van der Waals surface area contributed by atoms with Gasteiger partial charge in [-0.25, -0.2) is 4.79 Å². The van der Waals surface area contributed by atoms with Crippen molar-refractivity contribution in [2.24, 2.45) is 0 Å². The van der Waals surface area contributed by atoms with E-state index in [9.17, 15) is 4.79 Å². The molecule has 4 heteroatoms. The topological polar surface area (TPSA) is 59.7 Å². The minimum atomic E-state index is -1.06. The number of rotatable bonds is 1. The zero-order valence-corrected chi connectivity index (χ0v) is 8.27. The van der Waals surface area contributed by atoms with Gasteiger partial charge in [0.15, 0.2) is 0 Å². The normalized spacial score (nSPS) is 13.5. The fraction of sp³-hybridized carbons (Fsp3) is 0.0833. The summed E-state index contributed by atoms with van der Waals surface area (Å²) in [6.45, 7) is 0.533. The fourth-order valence-electron chi connectivity index (χ4n) is 1.76. The van der Waals surface area contributed by atoms with Gasteiger partial charge in [-0.1, -0.05) is 6.08 Å². The van der Waals surface area contributed by atoms with Gasteiger partial charge in [-0.15, -0.1) is 0 Å². The summed E-state index contributed by atoms with van der Waals surface area (Å²) in [7, 11) is 0. The van der Waals surface area contributed by atoms with Crippen molar-refractivity contribution in [2.45, 2.75) is 0 Å². The molecule has 1 aromatic carbocycles. The molecule has 0 radical (unpaired) electrons. The molecule has 0 saturated carbocycles. The smallest absolute Gasteiger partial charge is 0.371 e. The van der Waals surface area contributed by atoms with Gasteiger partial charge in [0.2, 0.25) is 5.76 Å². The van der Waals surface area contributed by atoms with Crippen LogP contribution in [0.5, 0.6) is 5.75 Å². The van der Waals surface area contributed by atoms with Gasteiger partial charge in [0, 0.05) is 17.0 Å². The Hall–Kier alpha value is -2.23. The van der Waals surface area contributed by atoms with Gasteiger partial charge in [0.25, 0.3) is 0 Å². The van der Waals surface area contributed by atoms with Crippen LogP contribution in [-0.4, -0.2) is 17.7 Å². The lowest BCUT2D eigenvalue weighted by atomic mass is 10.1. The summed E-state index contributed by atoms with van der Waals surface area (Å²) in [5, 5.41) is 9.58. The number of aromatic carboxylic acids is 1. The maximum absolute atomic E-state index is 10.8. The first-order chi connectivity index (χ1) is 7.74. The number of benzene rings is 1. The lowest BCUT2D eigenvalue weighted by Crippen LogP contribution is -1.99. The van der Waals surface area contributed by atoms with Crippen LogP contribution in [0.3, 0.4) is 0 Å². The highest BCUT2D eigenvalue weighted by Crippen LogP contribution is 2.31. The van der Waals surface area contributed by atoms with Gasteiger partial charge < -0.3 is 14.3 Å². The molecule has 0 saturated heterocycles. The third kappa shape index (κ3) is 1.27. The van der Waals surface area contributed by atoms with E-state index in [4.69, 9.17) is 14.3 Å². The molecule has 2 aromatic rings. The molecule has 0 fully saturated rings. The Kier molecular flexibility index (Phi) is 1.77. The van der Waals surface area contributed by atoms with E-state index >= 15 is 0 Å². The van der Waals surface area contributed by atoms with E-state index in [0.717, 1.165) is 16.7 Å². The molecule has 0 spiro atoms. The monoisotopic (exact) mass is 216 g/mol. The summed E-state index contributed by atoms with van der Waals surface area (Å²) in [5.41, 5.74) is 1.47. The van der Waals surface area contributed by atoms with E-state index in [1.807, 2.05) is 18.2 Å². The zero-order valence-electron chi connectivity index (χ0n) is 8.27. The SMILES string of the molecule is O=C(O)c1cc2cc3c(cc2o1)OCC=C3. The van der Waals surface area contributed by atoms with Crippen molar-refractivity contribution in [3.05, 3.63) is 35.6 Å². The standard InChI is InChI=1S/C12H8O4/c13-12(14)11-5-8-4-7-2-1-3-15-9(7)6-10(8)16-11/h1-2,4-6H,3H2,(H,13,14). The van der Waals surface area contributed by atoms with E-state index in [1.165, 1.54) is 6.07 Å². The Morgan fingerprint density at radius 2 is 2.19 bits per heavy atom. The van der Waals surface area contributed by atoms with E-state index < -0.39 is 5.97 Å². The molecule has 1 N–H and O–H groups in total. The minimum absolute atomic E-state index is 0.0543. The van der Waals surface area contributed by atoms with Crippen LogP contribution in [0.2, 0.25) is 0 Å². The fourth-order valence-corrected chi connectivity index (χ4v) is 1.76. The van der Waals surface area contributed by atoms with Crippen molar-refractivity contribution in [3.8, 4) is 5.75 Å². The molecular weight excluding hydrogens is 208 g/mol. The number of ether oxygens (including phenoxy) is 1. The van der Waals surface area contributed by atoms with Crippen LogP contribution < -0.4 is 4.74 Å². The van der Waals surface area contributed by atoms with Gasteiger partial charge in [-0.2, -0.15) is 0 Å². The van der Waals surface area contributed by atoms with Gasteiger partial charge in [0.1, 0.15) is 17.9 Å². The molecule has 3 rings (SSSR count). The Balaban J connectivity index is 2.24. The molecular formula is C12H8O4. The van der Waals surface area contributed by atoms with Gasteiger partial charge in [-0.05, 0) is 18.2 Å². The summed E-state index contributed by atoms with van der Waals surface area (Å²) >= 11 is 0. The second-order valence-electron chi connectivity index (χ2n) is 3.56. The molecule has 1 aliphatic rings. The first-order valence-corrected chi connectivity index (χ1v) is 4.84. The average molecular weight is 216 g/mol. The number of furan rings is 1. The highest BCUT2D eigenvalue weighted by Gasteiger charge is 2.14. The largest absolute Gasteiger partial charge is 0.489 e. The third-order valence-electron chi connectivity index (χ3n) is 2.49. The molecule has 0 bridgehead atoms. The van der Waals surface area contributed by atoms with Crippen molar-refractivity contribution < 1.29 is 19.1 Å². The van der Waals surface area contributed by atoms with Gasteiger partial charge in [0.05, 0.1) is 0 Å². The van der Waals surface area contributed by atoms with Crippen LogP contribution in [0.4, 0.5) is 0 Å². The maximum Gasteiger partial charge on any atom is 0.371 e. The lowest BCUT2D eigenvalue weighted by molar-refractivity contribution is 0.0665. The number of hydrogen-bond acceptors (Lipinski definition) is 3. The number of carboxylic acids is 1. The average Bonchev–Trinajstić information content (AvgIpc) is 2.68. The maximum atomic E-state index is 10.8. The first-order valence-electron chi connectivity index (χ1n) is 4.84. The van der Waals surface area contributed by atoms with Crippen molar-refractivity contribution in [1.82, 2.24) is 0 Å². The molecule has 0 amide bonds. The summed E-state index contributed by atoms with van der Waals surface area (Å²) in [4.78, 5) is 10.8.